The lowest BCUT2D eigenvalue weighted by Crippen LogP contribution is -2.23. The van der Waals surface area contributed by atoms with Gasteiger partial charge in [0.05, 0.1) is 22.8 Å². The topological polar surface area (TPSA) is 99.8 Å². The van der Waals surface area contributed by atoms with Crippen LogP contribution >= 0.6 is 11.6 Å². The van der Waals surface area contributed by atoms with Gasteiger partial charge in [0, 0.05) is 65.4 Å². The predicted molar refractivity (Wildman–Crippen MR) is 141 cm³/mol. The molecular weight excluding hydrogens is 493 g/mol. The molecule has 186 valence electrons. The summed E-state index contributed by atoms with van der Waals surface area (Å²) in [5.41, 5.74) is 4.76. The number of fused-ring (bicyclic) bond motifs is 2. The quantitative estimate of drug-likeness (QED) is 0.282. The molecule has 0 unspecified atom stereocenters. The number of aromatic nitrogens is 3. The molecule has 0 saturated carbocycles. The van der Waals surface area contributed by atoms with Crippen molar-refractivity contribution in [1.82, 2.24) is 25.6 Å². The summed E-state index contributed by atoms with van der Waals surface area (Å²) in [4.78, 5) is 35.8. The Morgan fingerprint density at radius 1 is 1.00 bits per heavy atom. The van der Waals surface area contributed by atoms with E-state index in [9.17, 15) is 14.0 Å². The van der Waals surface area contributed by atoms with Crippen LogP contribution in [0.2, 0.25) is 5.02 Å². The third-order valence-corrected chi connectivity index (χ3v) is 6.34. The van der Waals surface area contributed by atoms with Gasteiger partial charge in [-0.3, -0.25) is 19.6 Å². The van der Waals surface area contributed by atoms with Crippen molar-refractivity contribution in [1.29, 1.82) is 0 Å². The first-order chi connectivity index (χ1) is 17.9. The highest BCUT2D eigenvalue weighted by Crippen LogP contribution is 2.26. The third-order valence-electron chi connectivity index (χ3n) is 6.03. The molecule has 3 N–H and O–H groups in total. The highest BCUT2D eigenvalue weighted by molar-refractivity contribution is 6.35. The SMILES string of the molecule is CC(=O)NCc1ccc2cc(Cc3cc(C(=O)NCc4cc5c(Cl)c[nH]c5cc4F)ccn3)ccc2n1. The molecule has 5 rings (SSSR count). The first-order valence-corrected chi connectivity index (χ1v) is 12.0. The number of pyridine rings is 2. The van der Waals surface area contributed by atoms with Crippen LogP contribution in [0.4, 0.5) is 4.39 Å². The molecule has 2 aromatic carbocycles. The van der Waals surface area contributed by atoms with Crippen LogP contribution in [0, 0.1) is 5.82 Å². The number of nitrogens with zero attached hydrogens (tertiary/aromatic N) is 2. The van der Waals surface area contributed by atoms with Gasteiger partial charge in [0.1, 0.15) is 5.82 Å². The number of carbonyl (C=O) groups is 2. The van der Waals surface area contributed by atoms with Gasteiger partial charge < -0.3 is 15.6 Å². The minimum Gasteiger partial charge on any atom is -0.360 e. The molecule has 2 amide bonds. The van der Waals surface area contributed by atoms with E-state index in [1.807, 2.05) is 30.3 Å². The van der Waals surface area contributed by atoms with Crippen LogP contribution in [0.1, 0.15) is 39.8 Å². The number of amides is 2. The molecule has 37 heavy (non-hydrogen) atoms. The normalized spacial score (nSPS) is 11.1. The van der Waals surface area contributed by atoms with Crippen LogP contribution in [0.25, 0.3) is 21.8 Å². The van der Waals surface area contributed by atoms with Crippen molar-refractivity contribution < 1.29 is 14.0 Å². The van der Waals surface area contributed by atoms with Crippen molar-refractivity contribution in [3.8, 4) is 0 Å². The summed E-state index contributed by atoms with van der Waals surface area (Å²) in [6.07, 6.45) is 3.72. The van der Waals surface area contributed by atoms with E-state index in [-0.39, 0.29) is 18.4 Å². The highest BCUT2D eigenvalue weighted by atomic mass is 35.5. The maximum absolute atomic E-state index is 14.4. The van der Waals surface area contributed by atoms with Gasteiger partial charge in [0.25, 0.3) is 5.91 Å². The Morgan fingerprint density at radius 3 is 2.70 bits per heavy atom. The van der Waals surface area contributed by atoms with E-state index in [1.165, 1.54) is 13.0 Å². The minimum absolute atomic E-state index is 0.0291. The van der Waals surface area contributed by atoms with E-state index < -0.39 is 5.82 Å². The van der Waals surface area contributed by atoms with E-state index in [4.69, 9.17) is 11.6 Å². The Labute approximate surface area is 217 Å². The van der Waals surface area contributed by atoms with Crippen molar-refractivity contribution in [3.63, 3.8) is 0 Å². The van der Waals surface area contributed by atoms with Gasteiger partial charge in [-0.1, -0.05) is 23.7 Å². The molecule has 0 spiro atoms. The van der Waals surface area contributed by atoms with Crippen LogP contribution in [0.5, 0.6) is 0 Å². The monoisotopic (exact) mass is 515 g/mol. The Kier molecular flexibility index (Phi) is 6.83. The Morgan fingerprint density at radius 2 is 1.86 bits per heavy atom. The van der Waals surface area contributed by atoms with Crippen molar-refractivity contribution in [2.24, 2.45) is 0 Å². The zero-order valence-corrected chi connectivity index (χ0v) is 20.7. The Balaban J connectivity index is 1.26. The molecule has 9 heteroatoms. The van der Waals surface area contributed by atoms with Crippen molar-refractivity contribution in [2.45, 2.75) is 26.4 Å². The molecule has 0 aliphatic carbocycles. The van der Waals surface area contributed by atoms with Crippen molar-refractivity contribution >= 4 is 45.2 Å². The van der Waals surface area contributed by atoms with Crippen LogP contribution < -0.4 is 10.6 Å². The second-order valence-electron chi connectivity index (χ2n) is 8.76. The summed E-state index contributed by atoms with van der Waals surface area (Å²) < 4.78 is 14.4. The zero-order valence-electron chi connectivity index (χ0n) is 19.9. The molecule has 5 aromatic rings. The number of hydrogen-bond acceptors (Lipinski definition) is 4. The second-order valence-corrected chi connectivity index (χ2v) is 9.17. The molecule has 0 saturated heterocycles. The number of rotatable bonds is 7. The summed E-state index contributed by atoms with van der Waals surface area (Å²) in [5.74, 6) is -0.844. The van der Waals surface area contributed by atoms with Crippen molar-refractivity contribution in [2.75, 3.05) is 0 Å². The van der Waals surface area contributed by atoms with Crippen LogP contribution in [-0.2, 0) is 24.3 Å². The van der Waals surface area contributed by atoms with Gasteiger partial charge in [-0.2, -0.15) is 0 Å². The Hall–Kier alpha value is -4.30. The third kappa shape index (κ3) is 5.59. The van der Waals surface area contributed by atoms with E-state index >= 15 is 0 Å². The highest BCUT2D eigenvalue weighted by Gasteiger charge is 2.12. The molecule has 3 heterocycles. The molecule has 7 nitrogen and oxygen atoms in total. The van der Waals surface area contributed by atoms with Gasteiger partial charge in [0.15, 0.2) is 0 Å². The molecule has 0 radical (unpaired) electrons. The van der Waals surface area contributed by atoms with Crippen LogP contribution in [0.15, 0.2) is 67.0 Å². The summed E-state index contributed by atoms with van der Waals surface area (Å²) in [6.45, 7) is 1.88. The molecule has 0 aliphatic rings. The maximum atomic E-state index is 14.4. The fraction of sp³-hybridized carbons (Fsp3) is 0.143. The van der Waals surface area contributed by atoms with Crippen LogP contribution in [-0.4, -0.2) is 26.8 Å². The standard InChI is InChI=1S/C28H23ClFN5O2/c1-16(36)32-14-21-4-3-18-8-17(2-5-26(18)35-21)9-22-10-19(6-7-31-22)28(37)34-13-20-11-23-24(29)15-33-27(23)12-25(20)30/h2-8,10-12,15,33H,9,13-14H2,1H3,(H,32,36)(H,34,37). The summed E-state index contributed by atoms with van der Waals surface area (Å²) in [6, 6.07) is 16.2. The van der Waals surface area contributed by atoms with E-state index in [0.717, 1.165) is 27.9 Å². The molecule has 0 atom stereocenters. The number of benzene rings is 2. The lowest BCUT2D eigenvalue weighted by molar-refractivity contribution is -0.119. The first-order valence-electron chi connectivity index (χ1n) is 11.7. The van der Waals surface area contributed by atoms with E-state index in [1.54, 1.807) is 30.6 Å². The molecule has 0 aliphatic heterocycles. The van der Waals surface area contributed by atoms with E-state index in [2.05, 4.69) is 25.6 Å². The lowest BCUT2D eigenvalue weighted by Gasteiger charge is -2.09. The van der Waals surface area contributed by atoms with Gasteiger partial charge in [-0.15, -0.1) is 0 Å². The zero-order chi connectivity index (χ0) is 25.9. The first kappa shape index (κ1) is 24.4. The molecule has 3 aromatic heterocycles. The average Bonchev–Trinajstić information content (AvgIpc) is 3.25. The summed E-state index contributed by atoms with van der Waals surface area (Å²) in [7, 11) is 0. The second kappa shape index (κ2) is 10.4. The number of carbonyl (C=O) groups excluding carboxylic acids is 2. The summed E-state index contributed by atoms with van der Waals surface area (Å²) in [5, 5.41) is 7.69. The van der Waals surface area contributed by atoms with E-state index in [0.29, 0.717) is 40.0 Å². The molecule has 0 fully saturated rings. The lowest BCUT2D eigenvalue weighted by atomic mass is 10.0. The maximum Gasteiger partial charge on any atom is 0.251 e. The van der Waals surface area contributed by atoms with Crippen molar-refractivity contribution in [3.05, 3.63) is 106 Å². The molecular formula is C28H23ClFN5O2. The fourth-order valence-electron chi connectivity index (χ4n) is 4.13. The smallest absolute Gasteiger partial charge is 0.251 e. The van der Waals surface area contributed by atoms with Gasteiger partial charge in [-0.25, -0.2) is 4.39 Å². The molecule has 0 bridgehead atoms. The number of halogens is 2. The van der Waals surface area contributed by atoms with Gasteiger partial charge >= 0.3 is 0 Å². The predicted octanol–water partition coefficient (Wildman–Crippen LogP) is 5.06. The number of H-pyrrole nitrogens is 1. The largest absolute Gasteiger partial charge is 0.360 e. The fourth-order valence-corrected chi connectivity index (χ4v) is 4.34. The van der Waals surface area contributed by atoms with Gasteiger partial charge in [0.2, 0.25) is 5.91 Å². The van der Waals surface area contributed by atoms with Crippen LogP contribution in [0.3, 0.4) is 0 Å². The number of hydrogen-bond donors (Lipinski definition) is 3. The minimum atomic E-state index is -0.422. The number of aromatic amines is 1. The average molecular weight is 516 g/mol. The number of nitrogens with one attached hydrogen (secondary N) is 3. The summed E-state index contributed by atoms with van der Waals surface area (Å²) >= 11 is 6.14. The van der Waals surface area contributed by atoms with Gasteiger partial charge in [-0.05, 0) is 48.0 Å². The Bertz CT molecular complexity index is 1650.